The van der Waals surface area contributed by atoms with Gasteiger partial charge in [-0.15, -0.1) is 4.52 Å². The van der Waals surface area contributed by atoms with Crippen LogP contribution < -0.4 is 15.9 Å². The first kappa shape index (κ1) is 18.5. The number of anilines is 1. The molecule has 0 aliphatic carbocycles. The Kier molecular flexibility index (Phi) is 5.66. The number of rotatable bonds is 6. The normalized spacial score (nSPS) is 24.2. The lowest BCUT2D eigenvalue weighted by atomic mass is 10.0. The van der Waals surface area contributed by atoms with Crippen LogP contribution in [0.2, 0.25) is 0 Å². The molecule has 5 unspecified atom stereocenters. The molecule has 0 saturated carbocycles. The van der Waals surface area contributed by atoms with Gasteiger partial charge in [-0.25, -0.2) is 9.32 Å². The number of nitrogen functional groups attached to an aromatic ring is 1. The molecule has 1 aromatic carbocycles. The van der Waals surface area contributed by atoms with Crippen molar-refractivity contribution in [1.82, 2.24) is 9.55 Å². The Morgan fingerprint density at radius 1 is 1.35 bits per heavy atom. The summed E-state index contributed by atoms with van der Waals surface area (Å²) in [5.41, 5.74) is 5.06. The van der Waals surface area contributed by atoms with E-state index in [1.165, 1.54) is 4.57 Å². The minimum atomic E-state index is -2.33. The summed E-state index contributed by atoms with van der Waals surface area (Å²) in [7, 11) is -2.33. The predicted octanol–water partition coefficient (Wildman–Crippen LogP) is 2.89. The van der Waals surface area contributed by atoms with E-state index < -0.39 is 26.3 Å². The van der Waals surface area contributed by atoms with E-state index in [9.17, 15) is 9.36 Å². The Morgan fingerprint density at radius 2 is 2.08 bits per heavy atom. The quantitative estimate of drug-likeness (QED) is 0.771. The molecule has 2 aromatic rings. The van der Waals surface area contributed by atoms with Crippen LogP contribution in [0.1, 0.15) is 26.5 Å². The summed E-state index contributed by atoms with van der Waals surface area (Å²) < 4.78 is 30.2. The average molecular weight is 378 g/mol. The number of nitrogens with zero attached hydrogens (tertiary/aromatic N) is 2. The van der Waals surface area contributed by atoms with Crippen molar-refractivity contribution in [1.29, 1.82) is 0 Å². The molecular formula is C17H21N3O5P+. The molecular weight excluding hydrogens is 357 g/mol. The first-order valence-corrected chi connectivity index (χ1v) is 9.40. The van der Waals surface area contributed by atoms with Gasteiger partial charge in [-0.1, -0.05) is 25.1 Å². The number of ether oxygens (including phenoxy) is 1. The number of benzene rings is 1. The second-order valence-electron chi connectivity index (χ2n) is 6.26. The fourth-order valence-corrected chi connectivity index (χ4v) is 3.65. The van der Waals surface area contributed by atoms with Gasteiger partial charge >= 0.3 is 13.9 Å². The van der Waals surface area contributed by atoms with Gasteiger partial charge in [0.2, 0.25) is 0 Å². The summed E-state index contributed by atoms with van der Waals surface area (Å²) in [6, 6.07) is 10.4. The van der Waals surface area contributed by atoms with Crippen LogP contribution in [0.15, 0.2) is 47.4 Å². The standard InChI is InChI=1S/C17H20N3O5P/c1-11-10-14(23-16(11)20-9-8-15(18)19-17(20)21)12(2)24-26(22)25-13-6-4-3-5-7-13/h3-9,11-12,14,16H,10H2,1-2H3,(H-,18,19,21)/p+1. The maximum atomic E-state index is 12.1. The van der Waals surface area contributed by atoms with Gasteiger partial charge in [0.25, 0.3) is 0 Å². The molecule has 1 saturated heterocycles. The Balaban J connectivity index is 1.61. The van der Waals surface area contributed by atoms with Gasteiger partial charge in [-0.3, -0.25) is 4.57 Å². The molecule has 9 heteroatoms. The van der Waals surface area contributed by atoms with Gasteiger partial charge in [0, 0.05) is 16.7 Å². The van der Waals surface area contributed by atoms with Crippen LogP contribution in [0, 0.1) is 5.92 Å². The SMILES string of the molecule is CC1CC(C(C)O[P+](=O)Oc2ccccc2)OC1n1ccc(N)nc1=O. The van der Waals surface area contributed by atoms with Crippen LogP contribution in [0.3, 0.4) is 0 Å². The lowest BCUT2D eigenvalue weighted by molar-refractivity contribution is -0.0536. The number of aromatic nitrogens is 2. The maximum absolute atomic E-state index is 12.1. The molecule has 3 rings (SSSR count). The largest absolute Gasteiger partial charge is 0.750 e. The van der Waals surface area contributed by atoms with Gasteiger partial charge in [0.1, 0.15) is 18.1 Å². The Hall–Kier alpha value is -2.28. The average Bonchev–Trinajstić information content (AvgIpc) is 2.97. The van der Waals surface area contributed by atoms with Crippen molar-refractivity contribution in [3.63, 3.8) is 0 Å². The molecule has 0 radical (unpaired) electrons. The van der Waals surface area contributed by atoms with Gasteiger partial charge < -0.3 is 10.5 Å². The zero-order chi connectivity index (χ0) is 18.7. The number of hydrogen-bond donors (Lipinski definition) is 1. The first-order valence-electron chi connectivity index (χ1n) is 8.31. The highest BCUT2D eigenvalue weighted by Crippen LogP contribution is 2.38. The molecule has 1 aliphatic rings. The van der Waals surface area contributed by atoms with E-state index in [1.807, 2.05) is 13.0 Å². The zero-order valence-corrected chi connectivity index (χ0v) is 15.4. The van der Waals surface area contributed by atoms with Crippen LogP contribution in [0.4, 0.5) is 5.82 Å². The van der Waals surface area contributed by atoms with Gasteiger partial charge in [0.15, 0.2) is 5.75 Å². The smallest absolute Gasteiger partial charge is 0.383 e. The molecule has 0 bridgehead atoms. The van der Waals surface area contributed by atoms with E-state index >= 15 is 0 Å². The monoisotopic (exact) mass is 378 g/mol. The number of para-hydroxylation sites is 1. The van der Waals surface area contributed by atoms with E-state index in [2.05, 4.69) is 4.98 Å². The lowest BCUT2D eigenvalue weighted by Crippen LogP contribution is -2.30. The van der Waals surface area contributed by atoms with Crippen LogP contribution in [-0.4, -0.2) is 21.8 Å². The lowest BCUT2D eigenvalue weighted by Gasteiger charge is -2.18. The second kappa shape index (κ2) is 7.95. The summed E-state index contributed by atoms with van der Waals surface area (Å²) in [5, 5.41) is 0. The van der Waals surface area contributed by atoms with Crippen molar-refractivity contribution in [2.45, 2.75) is 38.7 Å². The minimum absolute atomic E-state index is 0.0575. The third kappa shape index (κ3) is 4.27. The highest BCUT2D eigenvalue weighted by Gasteiger charge is 2.41. The predicted molar refractivity (Wildman–Crippen MR) is 95.8 cm³/mol. The fourth-order valence-electron chi connectivity index (χ4n) is 2.91. The molecule has 1 aromatic heterocycles. The van der Waals surface area contributed by atoms with Crippen LogP contribution in [0.5, 0.6) is 5.75 Å². The Labute approximate surface area is 151 Å². The van der Waals surface area contributed by atoms with Gasteiger partial charge in [-0.2, -0.15) is 4.98 Å². The fraction of sp³-hybridized carbons (Fsp3) is 0.412. The Morgan fingerprint density at radius 3 is 2.77 bits per heavy atom. The Bertz CT molecular complexity index is 829. The van der Waals surface area contributed by atoms with Gasteiger partial charge in [-0.05, 0) is 31.5 Å². The third-order valence-electron chi connectivity index (χ3n) is 4.23. The molecule has 0 spiro atoms. The van der Waals surface area contributed by atoms with Crippen molar-refractivity contribution in [2.75, 3.05) is 5.73 Å². The van der Waals surface area contributed by atoms with E-state index in [0.29, 0.717) is 12.2 Å². The molecule has 0 amide bonds. The summed E-state index contributed by atoms with van der Waals surface area (Å²) >= 11 is 0. The van der Waals surface area contributed by atoms with Crippen molar-refractivity contribution >= 4 is 14.1 Å². The van der Waals surface area contributed by atoms with Crippen LogP contribution in [0.25, 0.3) is 0 Å². The van der Waals surface area contributed by atoms with E-state index in [4.69, 9.17) is 19.5 Å². The topological polar surface area (TPSA) is 106 Å². The third-order valence-corrected chi connectivity index (χ3v) is 5.09. The molecule has 138 valence electrons. The molecule has 8 nitrogen and oxygen atoms in total. The van der Waals surface area contributed by atoms with E-state index in [-0.39, 0.29) is 17.8 Å². The highest BCUT2D eigenvalue weighted by molar-refractivity contribution is 7.33. The van der Waals surface area contributed by atoms with Crippen molar-refractivity contribution < 1.29 is 18.3 Å². The molecule has 26 heavy (non-hydrogen) atoms. The zero-order valence-electron chi connectivity index (χ0n) is 14.5. The van der Waals surface area contributed by atoms with Crippen molar-refractivity contribution in [3.8, 4) is 5.75 Å². The maximum Gasteiger partial charge on any atom is 0.750 e. The van der Waals surface area contributed by atoms with Crippen molar-refractivity contribution in [2.24, 2.45) is 5.92 Å². The summed E-state index contributed by atoms with van der Waals surface area (Å²) in [6.07, 6.45) is 0.958. The second-order valence-corrected chi connectivity index (χ2v) is 7.10. The summed E-state index contributed by atoms with van der Waals surface area (Å²) in [6.45, 7) is 3.74. The number of hydrogen-bond acceptors (Lipinski definition) is 7. The first-order chi connectivity index (χ1) is 12.4. The molecule has 5 atom stereocenters. The minimum Gasteiger partial charge on any atom is -0.383 e. The molecule has 2 N–H and O–H groups in total. The van der Waals surface area contributed by atoms with E-state index in [1.54, 1.807) is 43.5 Å². The summed E-state index contributed by atoms with van der Waals surface area (Å²) in [4.78, 5) is 15.7. The van der Waals surface area contributed by atoms with Gasteiger partial charge in [0.05, 0.1) is 6.10 Å². The highest BCUT2D eigenvalue weighted by atomic mass is 31.1. The summed E-state index contributed by atoms with van der Waals surface area (Å²) in [5.74, 6) is 0.696. The molecule has 2 heterocycles. The molecule has 1 fully saturated rings. The number of nitrogens with two attached hydrogens (primary N) is 1. The van der Waals surface area contributed by atoms with Crippen LogP contribution >= 0.6 is 8.25 Å². The molecule has 1 aliphatic heterocycles. The van der Waals surface area contributed by atoms with Crippen LogP contribution in [-0.2, 0) is 13.8 Å². The van der Waals surface area contributed by atoms with Crippen molar-refractivity contribution in [3.05, 3.63) is 53.1 Å². The van der Waals surface area contributed by atoms with E-state index in [0.717, 1.165) is 0 Å².